The Morgan fingerprint density at radius 3 is 2.51 bits per heavy atom. The third kappa shape index (κ3) is 5.52. The summed E-state index contributed by atoms with van der Waals surface area (Å²) in [6.45, 7) is 0.735. The summed E-state index contributed by atoms with van der Waals surface area (Å²) in [5, 5.41) is 3.34. The van der Waals surface area contributed by atoms with Crippen molar-refractivity contribution in [2.75, 3.05) is 5.32 Å². The molecule has 0 bridgehead atoms. The van der Waals surface area contributed by atoms with Crippen molar-refractivity contribution in [2.45, 2.75) is 13.2 Å². The minimum absolute atomic E-state index is 0.213. The maximum Gasteiger partial charge on any atom is 0.296 e. The molecular weight excluding hydrogens is 493 g/mol. The molecule has 0 radical (unpaired) electrons. The van der Waals surface area contributed by atoms with E-state index in [9.17, 15) is 14.0 Å². The Balaban J connectivity index is 1.48. The zero-order valence-electron chi connectivity index (χ0n) is 19.5. The number of ether oxygens (including phenoxy) is 1. The Kier molecular flexibility index (Phi) is 6.96. The van der Waals surface area contributed by atoms with Gasteiger partial charge in [0.25, 0.3) is 11.7 Å². The molecule has 1 N–H and O–H groups in total. The van der Waals surface area contributed by atoms with Gasteiger partial charge in [0.05, 0.1) is 16.3 Å². The summed E-state index contributed by atoms with van der Waals surface area (Å²) >= 11 is 6.09. The number of amides is 1. The molecule has 37 heavy (non-hydrogen) atoms. The van der Waals surface area contributed by atoms with Crippen LogP contribution in [-0.2, 0) is 17.9 Å². The van der Waals surface area contributed by atoms with Gasteiger partial charge in [-0.15, -0.1) is 0 Å². The summed E-state index contributed by atoms with van der Waals surface area (Å²) in [6.07, 6.45) is 4.48. The minimum atomic E-state index is -0.829. The molecular formula is C29H21ClFN3O3. The van der Waals surface area contributed by atoms with Gasteiger partial charge in [-0.1, -0.05) is 54.1 Å². The lowest BCUT2D eigenvalue weighted by atomic mass is 10.1. The number of carbonyl (C=O) groups is 2. The first-order valence-electron chi connectivity index (χ1n) is 11.5. The van der Waals surface area contributed by atoms with E-state index in [1.54, 1.807) is 24.4 Å². The topological polar surface area (TPSA) is 73.2 Å². The first kappa shape index (κ1) is 24.2. The zero-order valence-corrected chi connectivity index (χ0v) is 20.3. The maximum atomic E-state index is 13.4. The van der Waals surface area contributed by atoms with Gasteiger partial charge < -0.3 is 14.6 Å². The van der Waals surface area contributed by atoms with Crippen molar-refractivity contribution in [3.63, 3.8) is 0 Å². The first-order valence-corrected chi connectivity index (χ1v) is 11.8. The van der Waals surface area contributed by atoms with Gasteiger partial charge in [-0.05, 0) is 47.5 Å². The number of anilines is 1. The van der Waals surface area contributed by atoms with Gasteiger partial charge in [-0.2, -0.15) is 0 Å². The van der Waals surface area contributed by atoms with Gasteiger partial charge in [0, 0.05) is 36.0 Å². The molecule has 0 fully saturated rings. The fourth-order valence-electron chi connectivity index (χ4n) is 3.98. The smallest absolute Gasteiger partial charge is 0.296 e. The second kappa shape index (κ2) is 10.6. The summed E-state index contributed by atoms with van der Waals surface area (Å²) < 4.78 is 21.2. The largest absolute Gasteiger partial charge is 0.489 e. The van der Waals surface area contributed by atoms with Crippen LogP contribution in [0, 0.1) is 5.82 Å². The Hall–Kier alpha value is -4.49. The van der Waals surface area contributed by atoms with Gasteiger partial charge in [0.1, 0.15) is 18.2 Å². The molecule has 5 aromatic rings. The molecule has 0 aliphatic carbocycles. The first-order chi connectivity index (χ1) is 18.0. The van der Waals surface area contributed by atoms with Crippen molar-refractivity contribution >= 4 is 39.9 Å². The van der Waals surface area contributed by atoms with E-state index >= 15 is 0 Å². The fraction of sp³-hybridized carbons (Fsp3) is 0.0690. The lowest BCUT2D eigenvalue weighted by Crippen LogP contribution is -2.23. The van der Waals surface area contributed by atoms with Crippen LogP contribution in [-0.4, -0.2) is 21.2 Å². The van der Waals surface area contributed by atoms with E-state index in [-0.39, 0.29) is 22.1 Å². The Labute approximate surface area is 217 Å². The summed E-state index contributed by atoms with van der Waals surface area (Å²) in [7, 11) is 0. The van der Waals surface area contributed by atoms with Crippen LogP contribution in [0.2, 0.25) is 5.02 Å². The van der Waals surface area contributed by atoms with E-state index in [1.807, 2.05) is 47.0 Å². The molecule has 0 aliphatic rings. The average Bonchev–Trinajstić information content (AvgIpc) is 3.27. The molecule has 0 saturated carbocycles. The Morgan fingerprint density at radius 1 is 0.973 bits per heavy atom. The minimum Gasteiger partial charge on any atom is -0.489 e. The van der Waals surface area contributed by atoms with E-state index in [4.69, 9.17) is 16.3 Å². The van der Waals surface area contributed by atoms with Crippen molar-refractivity contribution in [1.29, 1.82) is 0 Å². The quantitative estimate of drug-likeness (QED) is 0.196. The van der Waals surface area contributed by atoms with Gasteiger partial charge in [-0.25, -0.2) is 4.39 Å². The standard InChI is InChI=1S/C29H21ClFN3O3/c30-25-15-32-13-12-26(25)33-29(36)28(35)24-17-34(16-19-6-8-21(31)9-7-19)27-11-10-22(14-23(24)27)37-18-20-4-2-1-3-5-20/h1-15,17H,16,18H2,(H,32,33,36). The number of carbonyl (C=O) groups excluding carboxylic acids is 2. The van der Waals surface area contributed by atoms with E-state index in [0.717, 1.165) is 16.6 Å². The number of hydrogen-bond acceptors (Lipinski definition) is 4. The number of Topliss-reactive ketones (excluding diaryl/α,β-unsaturated/α-hetero) is 1. The van der Waals surface area contributed by atoms with Crippen molar-refractivity contribution in [3.05, 3.63) is 125 Å². The third-order valence-corrected chi connectivity index (χ3v) is 6.14. The molecule has 0 unspecified atom stereocenters. The van der Waals surface area contributed by atoms with Crippen LogP contribution in [0.5, 0.6) is 5.75 Å². The zero-order chi connectivity index (χ0) is 25.8. The molecule has 6 nitrogen and oxygen atoms in total. The molecule has 2 heterocycles. The van der Waals surface area contributed by atoms with Gasteiger partial charge in [0.15, 0.2) is 0 Å². The molecule has 0 atom stereocenters. The van der Waals surface area contributed by atoms with Crippen LogP contribution < -0.4 is 10.1 Å². The van der Waals surface area contributed by atoms with E-state index in [0.29, 0.717) is 24.3 Å². The molecule has 2 aromatic heterocycles. The normalized spacial score (nSPS) is 10.9. The second-order valence-corrected chi connectivity index (χ2v) is 8.80. The predicted molar refractivity (Wildman–Crippen MR) is 140 cm³/mol. The van der Waals surface area contributed by atoms with Crippen molar-refractivity contribution in [3.8, 4) is 5.75 Å². The molecule has 1 amide bonds. The lowest BCUT2D eigenvalue weighted by Gasteiger charge is -2.09. The number of benzene rings is 3. The highest BCUT2D eigenvalue weighted by molar-refractivity contribution is 6.49. The number of aromatic nitrogens is 2. The van der Waals surface area contributed by atoms with Crippen molar-refractivity contribution in [2.24, 2.45) is 0 Å². The highest BCUT2D eigenvalue weighted by Gasteiger charge is 2.23. The highest BCUT2D eigenvalue weighted by atomic mass is 35.5. The number of fused-ring (bicyclic) bond motifs is 1. The fourth-order valence-corrected chi connectivity index (χ4v) is 4.15. The molecule has 3 aromatic carbocycles. The maximum absolute atomic E-state index is 13.4. The number of halogens is 2. The summed E-state index contributed by atoms with van der Waals surface area (Å²) in [5.74, 6) is -1.33. The van der Waals surface area contributed by atoms with Crippen LogP contribution in [0.4, 0.5) is 10.1 Å². The van der Waals surface area contributed by atoms with E-state index in [1.165, 1.54) is 30.6 Å². The van der Waals surface area contributed by atoms with Gasteiger partial charge >= 0.3 is 0 Å². The van der Waals surface area contributed by atoms with Crippen LogP contribution in [0.15, 0.2) is 97.5 Å². The SMILES string of the molecule is O=C(Nc1ccncc1Cl)C(=O)c1cn(Cc2ccc(F)cc2)c2ccc(OCc3ccccc3)cc12. The number of hydrogen-bond donors (Lipinski definition) is 1. The number of nitrogens with zero attached hydrogens (tertiary/aromatic N) is 2. The van der Waals surface area contributed by atoms with Crippen LogP contribution in [0.1, 0.15) is 21.5 Å². The van der Waals surface area contributed by atoms with Crippen LogP contribution in [0.3, 0.4) is 0 Å². The number of pyridine rings is 1. The molecule has 8 heteroatoms. The summed E-state index contributed by atoms with van der Waals surface area (Å²) in [4.78, 5) is 30.1. The second-order valence-electron chi connectivity index (χ2n) is 8.39. The van der Waals surface area contributed by atoms with Gasteiger partial charge in [-0.3, -0.25) is 14.6 Å². The number of nitrogens with one attached hydrogen (secondary N) is 1. The third-order valence-electron chi connectivity index (χ3n) is 5.84. The molecule has 0 saturated heterocycles. The van der Waals surface area contributed by atoms with Gasteiger partial charge in [0.2, 0.25) is 0 Å². The van der Waals surface area contributed by atoms with Crippen LogP contribution in [0.25, 0.3) is 10.9 Å². The average molecular weight is 514 g/mol. The highest BCUT2D eigenvalue weighted by Crippen LogP contribution is 2.29. The molecule has 0 aliphatic heterocycles. The summed E-state index contributed by atoms with van der Waals surface area (Å²) in [6, 6.07) is 22.8. The molecule has 5 rings (SSSR count). The predicted octanol–water partition coefficient (Wildman–Crippen LogP) is 6.28. The molecule has 184 valence electrons. The van der Waals surface area contributed by atoms with Crippen molar-refractivity contribution in [1.82, 2.24) is 9.55 Å². The van der Waals surface area contributed by atoms with Crippen molar-refractivity contribution < 1.29 is 18.7 Å². The molecule has 0 spiro atoms. The number of rotatable bonds is 8. The van der Waals surface area contributed by atoms with Crippen LogP contribution >= 0.6 is 11.6 Å². The Morgan fingerprint density at radius 2 is 1.76 bits per heavy atom. The lowest BCUT2D eigenvalue weighted by molar-refractivity contribution is -0.112. The van der Waals surface area contributed by atoms with E-state index < -0.39 is 11.7 Å². The summed E-state index contributed by atoms with van der Waals surface area (Å²) in [5.41, 5.74) is 3.08. The Bertz CT molecular complexity index is 1580. The monoisotopic (exact) mass is 513 g/mol. The van der Waals surface area contributed by atoms with E-state index in [2.05, 4.69) is 10.3 Å². The number of ketones is 1.